The molecular formula is C12H20F2N5O13P3. The number of aromatic amines is 1. The molecule has 2 rings (SSSR count). The summed E-state index contributed by atoms with van der Waals surface area (Å²) in [6, 6.07) is -0.929. The number of H-pyrrole nitrogens is 1. The van der Waals surface area contributed by atoms with Gasteiger partial charge in [0, 0.05) is 0 Å². The molecule has 0 aliphatic heterocycles. The predicted octanol–water partition coefficient (Wildman–Crippen LogP) is -0.381. The largest absolute Gasteiger partial charge is 0.490 e. The first-order chi connectivity index (χ1) is 15.9. The molecule has 0 bridgehead atoms. The van der Waals surface area contributed by atoms with E-state index in [0.29, 0.717) is 0 Å². The van der Waals surface area contributed by atoms with E-state index in [2.05, 4.69) is 28.1 Å². The average molecular weight is 573 g/mol. The van der Waals surface area contributed by atoms with Gasteiger partial charge in [0.25, 0.3) is 11.4 Å². The number of hydrogen-bond acceptors (Lipinski definition) is 12. The molecule has 0 saturated carbocycles. The Labute approximate surface area is 193 Å². The number of rotatable bonds is 13. The van der Waals surface area contributed by atoms with E-state index in [1.165, 1.54) is 11.5 Å². The third kappa shape index (κ3) is 8.18. The van der Waals surface area contributed by atoms with Crippen molar-refractivity contribution in [3.63, 3.8) is 0 Å². The minimum absolute atomic E-state index is 0.0426. The maximum atomic E-state index is 15.1. The normalized spacial score (nSPS) is 19.5. The van der Waals surface area contributed by atoms with Gasteiger partial charge in [-0.15, -0.1) is 0 Å². The number of nitrogen functional groups attached to an aromatic ring is 1. The molecule has 0 spiro atoms. The summed E-state index contributed by atoms with van der Waals surface area (Å²) in [5.74, 6) is -3.92. The van der Waals surface area contributed by atoms with Crippen molar-refractivity contribution in [2.75, 3.05) is 25.6 Å². The first-order valence-electron chi connectivity index (χ1n) is 8.96. The number of aliphatic hydroxyl groups excluding tert-OH is 1. The lowest BCUT2D eigenvalue weighted by Crippen LogP contribution is -2.45. The highest BCUT2D eigenvalue weighted by Gasteiger charge is 2.46. The van der Waals surface area contributed by atoms with Gasteiger partial charge in [-0.3, -0.25) is 14.3 Å². The van der Waals surface area contributed by atoms with Gasteiger partial charge in [0.1, 0.15) is 6.61 Å². The van der Waals surface area contributed by atoms with E-state index in [4.69, 9.17) is 30.3 Å². The number of aromatic nitrogens is 4. The van der Waals surface area contributed by atoms with Crippen LogP contribution in [0.15, 0.2) is 11.1 Å². The van der Waals surface area contributed by atoms with Crippen LogP contribution in [0.3, 0.4) is 0 Å². The van der Waals surface area contributed by atoms with Gasteiger partial charge in [-0.25, -0.2) is 27.5 Å². The highest BCUT2D eigenvalue weighted by Crippen LogP contribution is 2.66. The molecule has 0 amide bonds. The van der Waals surface area contributed by atoms with Crippen LogP contribution >= 0.6 is 23.5 Å². The lowest BCUT2D eigenvalue weighted by atomic mass is 10.2. The molecule has 18 nitrogen and oxygen atoms in total. The Bertz CT molecular complexity index is 1250. The van der Waals surface area contributed by atoms with E-state index in [1.54, 1.807) is 0 Å². The van der Waals surface area contributed by atoms with Gasteiger partial charge in [-0.05, 0) is 6.92 Å². The zero-order valence-corrected chi connectivity index (χ0v) is 20.1. The number of imidazole rings is 1. The molecule has 0 fully saturated rings. The number of hydrogen-bond donors (Lipinski definition) is 7. The van der Waals surface area contributed by atoms with Crippen LogP contribution in [-0.4, -0.2) is 76.0 Å². The van der Waals surface area contributed by atoms with Crippen molar-refractivity contribution in [2.24, 2.45) is 0 Å². The van der Waals surface area contributed by atoms with Crippen LogP contribution in [0.4, 0.5) is 14.7 Å². The third-order valence-corrected chi connectivity index (χ3v) is 7.74. The fraction of sp³-hybridized carbons (Fsp3) is 0.583. The standard InChI is InChI=1S/C12H20F2N5O13P3/c1-6(19-5-16-8-9(19)17-11(15)18-10(8)21)3-29-12(14,7(13)2-20)4-30-34(25,26)32-35(27,28)31-33(22,23)24/h5-7,20H,2-4H2,1H3,(H,25,26)(H,27,28)(H2,22,23,24)(H3,15,17,18,21). The number of phosphoric ester groups is 1. The minimum Gasteiger partial charge on any atom is -0.393 e. The molecule has 35 heavy (non-hydrogen) atoms. The monoisotopic (exact) mass is 573 g/mol. The Kier molecular flexibility index (Phi) is 9.09. The number of ether oxygens (including phenoxy) is 1. The molecule has 23 heteroatoms. The number of alkyl halides is 2. The van der Waals surface area contributed by atoms with E-state index in [1.807, 2.05) is 0 Å². The molecule has 2 heterocycles. The number of aliphatic hydroxyl groups is 1. The van der Waals surface area contributed by atoms with Crippen molar-refractivity contribution >= 4 is 40.6 Å². The molecule has 0 saturated heterocycles. The summed E-state index contributed by atoms with van der Waals surface area (Å²) in [5.41, 5.74) is 4.61. The Hall–Kier alpha value is -1.66. The Morgan fingerprint density at radius 3 is 2.43 bits per heavy atom. The molecule has 0 aliphatic carbocycles. The summed E-state index contributed by atoms with van der Waals surface area (Å²) in [5, 5.41) is 8.98. The number of anilines is 1. The third-order valence-electron chi connectivity index (χ3n) is 3.96. The van der Waals surface area contributed by atoms with Crippen molar-refractivity contribution in [1.82, 2.24) is 19.5 Å². The van der Waals surface area contributed by atoms with Crippen molar-refractivity contribution in [3.05, 3.63) is 16.7 Å². The Balaban J connectivity index is 2.15. The Morgan fingerprint density at radius 1 is 1.23 bits per heavy atom. The molecule has 2 aromatic rings. The van der Waals surface area contributed by atoms with Gasteiger partial charge in [0.2, 0.25) is 5.95 Å². The number of fused-ring (bicyclic) bond motifs is 1. The number of nitrogens with one attached hydrogen (secondary N) is 1. The lowest BCUT2D eigenvalue weighted by molar-refractivity contribution is -0.216. The molecule has 0 aromatic carbocycles. The highest BCUT2D eigenvalue weighted by atomic mass is 31.3. The van der Waals surface area contributed by atoms with Gasteiger partial charge in [0.05, 0.1) is 25.6 Å². The molecule has 200 valence electrons. The van der Waals surface area contributed by atoms with Crippen LogP contribution < -0.4 is 11.3 Å². The molecule has 5 atom stereocenters. The van der Waals surface area contributed by atoms with Gasteiger partial charge in [-0.2, -0.15) is 13.6 Å². The maximum absolute atomic E-state index is 15.1. The predicted molar refractivity (Wildman–Crippen MR) is 109 cm³/mol. The summed E-state index contributed by atoms with van der Waals surface area (Å²) in [7, 11) is -17.4. The number of phosphoric acid groups is 3. The zero-order valence-electron chi connectivity index (χ0n) is 17.4. The topological polar surface area (TPSA) is 279 Å². The fourth-order valence-corrected chi connectivity index (χ4v) is 5.47. The maximum Gasteiger partial charge on any atom is 0.490 e. The van der Waals surface area contributed by atoms with E-state index in [0.717, 1.165) is 6.33 Å². The average Bonchev–Trinajstić information content (AvgIpc) is 3.11. The zero-order chi connectivity index (χ0) is 26.8. The van der Waals surface area contributed by atoms with E-state index < -0.39 is 66.9 Å². The summed E-state index contributed by atoms with van der Waals surface area (Å²) < 4.78 is 79.9. The minimum atomic E-state index is -5.91. The second-order valence-corrected chi connectivity index (χ2v) is 11.2. The van der Waals surface area contributed by atoms with Gasteiger partial charge in [-0.1, -0.05) is 0 Å². The highest BCUT2D eigenvalue weighted by molar-refractivity contribution is 7.66. The summed E-state index contributed by atoms with van der Waals surface area (Å²) in [6.07, 6.45) is -1.77. The summed E-state index contributed by atoms with van der Waals surface area (Å²) >= 11 is 0. The van der Waals surface area contributed by atoms with Crippen LogP contribution in [0.1, 0.15) is 13.0 Å². The molecule has 8 N–H and O–H groups in total. The fourth-order valence-electron chi connectivity index (χ4n) is 2.44. The van der Waals surface area contributed by atoms with E-state index >= 15 is 4.39 Å². The van der Waals surface area contributed by atoms with E-state index in [9.17, 15) is 27.8 Å². The SMILES string of the molecule is CC(COC(F)(COP(=O)(O)OP(=O)(O)OP(=O)(O)O)C(F)CO)n1cnc2c(=O)[nH]c(N)nc21. The summed E-state index contributed by atoms with van der Waals surface area (Å²) in [6.45, 7) is -2.68. The second kappa shape index (κ2) is 10.8. The van der Waals surface area contributed by atoms with Gasteiger partial charge in [0.15, 0.2) is 17.3 Å². The number of halogens is 2. The number of nitrogens with two attached hydrogens (primary N) is 1. The lowest BCUT2D eigenvalue weighted by Gasteiger charge is -2.29. The van der Waals surface area contributed by atoms with Crippen LogP contribution in [-0.2, 0) is 31.6 Å². The van der Waals surface area contributed by atoms with Crippen molar-refractivity contribution in [3.8, 4) is 0 Å². The van der Waals surface area contributed by atoms with E-state index in [-0.39, 0.29) is 17.1 Å². The number of nitrogens with zero attached hydrogens (tertiary/aromatic N) is 3. The quantitative estimate of drug-likeness (QED) is 0.150. The van der Waals surface area contributed by atoms with Crippen LogP contribution in [0.2, 0.25) is 0 Å². The molecule has 2 aromatic heterocycles. The first kappa shape index (κ1) is 29.6. The van der Waals surface area contributed by atoms with Gasteiger partial charge >= 0.3 is 23.5 Å². The second-order valence-electron chi connectivity index (χ2n) is 6.74. The van der Waals surface area contributed by atoms with Crippen molar-refractivity contribution in [2.45, 2.75) is 25.0 Å². The molecular weight excluding hydrogens is 553 g/mol. The molecule has 0 radical (unpaired) electrons. The van der Waals surface area contributed by atoms with Crippen LogP contribution in [0.25, 0.3) is 11.2 Å². The Morgan fingerprint density at radius 2 is 1.86 bits per heavy atom. The van der Waals surface area contributed by atoms with Crippen molar-refractivity contribution in [1.29, 1.82) is 0 Å². The van der Waals surface area contributed by atoms with Gasteiger partial charge < -0.3 is 39.7 Å². The smallest absolute Gasteiger partial charge is 0.393 e. The first-order valence-corrected chi connectivity index (χ1v) is 13.5. The molecule has 5 unspecified atom stereocenters. The van der Waals surface area contributed by atoms with Crippen LogP contribution in [0.5, 0.6) is 0 Å². The molecule has 0 aliphatic rings. The summed E-state index contributed by atoms with van der Waals surface area (Å²) in [4.78, 5) is 57.2. The van der Waals surface area contributed by atoms with Crippen LogP contribution in [0, 0.1) is 0 Å². The van der Waals surface area contributed by atoms with Crippen molar-refractivity contribution < 1.29 is 65.0 Å².